The predicted molar refractivity (Wildman–Crippen MR) is 147 cm³/mol. The molecule has 8 heteroatoms. The van der Waals surface area contributed by atoms with Crippen molar-refractivity contribution in [3.8, 4) is 34.1 Å². The zero-order chi connectivity index (χ0) is 27.1. The predicted octanol–water partition coefficient (Wildman–Crippen LogP) is 5.89. The van der Waals surface area contributed by atoms with Crippen LogP contribution in [0.15, 0.2) is 84.9 Å². The van der Waals surface area contributed by atoms with Gasteiger partial charge in [-0.3, -0.25) is 9.59 Å². The Hall–Kier alpha value is -4.98. The van der Waals surface area contributed by atoms with Crippen LogP contribution < -0.4 is 29.6 Å². The Balaban J connectivity index is 1.42. The molecule has 0 radical (unpaired) electrons. The summed E-state index contributed by atoms with van der Waals surface area (Å²) in [5.74, 6) is 1.59. The number of hydrogen-bond donors (Lipinski definition) is 2. The molecule has 0 saturated carbocycles. The lowest BCUT2D eigenvalue weighted by molar-refractivity contribution is 0.101. The van der Waals surface area contributed by atoms with E-state index in [9.17, 15) is 9.59 Å². The largest absolute Gasteiger partial charge is 0.497 e. The summed E-state index contributed by atoms with van der Waals surface area (Å²) in [6.45, 7) is 0. The van der Waals surface area contributed by atoms with Crippen molar-refractivity contribution in [3.63, 3.8) is 0 Å². The van der Waals surface area contributed by atoms with Gasteiger partial charge in [0.1, 0.15) is 23.0 Å². The van der Waals surface area contributed by atoms with E-state index >= 15 is 0 Å². The SMILES string of the molecule is COc1cc(OC)cc(C(=O)Nc2ccc(-c3ccc(NC(=O)c4cc(OC)cc(OC)c4)cc3)cc2)c1. The summed E-state index contributed by atoms with van der Waals surface area (Å²) < 4.78 is 21.0. The van der Waals surface area contributed by atoms with Crippen LogP contribution in [-0.2, 0) is 0 Å². The lowest BCUT2D eigenvalue weighted by atomic mass is 10.0. The summed E-state index contributed by atoms with van der Waals surface area (Å²) in [5.41, 5.74) is 4.07. The van der Waals surface area contributed by atoms with Crippen LogP contribution in [-0.4, -0.2) is 40.3 Å². The summed E-state index contributed by atoms with van der Waals surface area (Å²) in [4.78, 5) is 25.5. The first kappa shape index (κ1) is 26.1. The lowest BCUT2D eigenvalue weighted by Gasteiger charge is -2.11. The number of nitrogens with one attached hydrogen (secondary N) is 2. The van der Waals surface area contributed by atoms with Crippen molar-refractivity contribution < 1.29 is 28.5 Å². The first-order valence-corrected chi connectivity index (χ1v) is 11.7. The molecular formula is C30H28N2O6. The molecule has 0 aliphatic rings. The Labute approximate surface area is 221 Å². The zero-order valence-electron chi connectivity index (χ0n) is 21.5. The number of benzene rings is 4. The number of ether oxygens (including phenoxy) is 4. The zero-order valence-corrected chi connectivity index (χ0v) is 21.5. The van der Waals surface area contributed by atoms with Crippen molar-refractivity contribution in [2.75, 3.05) is 39.1 Å². The highest BCUT2D eigenvalue weighted by Crippen LogP contribution is 2.27. The second-order valence-electron chi connectivity index (χ2n) is 8.27. The molecule has 0 saturated heterocycles. The fourth-order valence-electron chi connectivity index (χ4n) is 3.78. The van der Waals surface area contributed by atoms with Crippen molar-refractivity contribution in [1.82, 2.24) is 0 Å². The maximum absolute atomic E-state index is 12.7. The van der Waals surface area contributed by atoms with Gasteiger partial charge in [0.15, 0.2) is 0 Å². The van der Waals surface area contributed by atoms with Crippen LogP contribution in [0, 0.1) is 0 Å². The van der Waals surface area contributed by atoms with Gasteiger partial charge in [0, 0.05) is 34.6 Å². The molecule has 0 spiro atoms. The number of methoxy groups -OCH3 is 4. The molecule has 0 fully saturated rings. The normalized spacial score (nSPS) is 10.3. The highest BCUT2D eigenvalue weighted by molar-refractivity contribution is 6.05. The number of carbonyl (C=O) groups is 2. The minimum atomic E-state index is -0.274. The number of amides is 2. The second kappa shape index (κ2) is 11.8. The Bertz CT molecular complexity index is 1280. The Morgan fingerprint density at radius 1 is 0.474 bits per heavy atom. The molecule has 4 aromatic rings. The van der Waals surface area contributed by atoms with Gasteiger partial charge in [-0.2, -0.15) is 0 Å². The fraction of sp³-hybridized carbons (Fsp3) is 0.133. The molecule has 194 valence electrons. The first-order chi connectivity index (χ1) is 18.4. The molecule has 0 aromatic heterocycles. The minimum absolute atomic E-state index is 0.274. The monoisotopic (exact) mass is 512 g/mol. The Kier molecular flexibility index (Phi) is 8.13. The molecule has 0 atom stereocenters. The average Bonchev–Trinajstić information content (AvgIpc) is 2.97. The highest BCUT2D eigenvalue weighted by Gasteiger charge is 2.12. The molecule has 38 heavy (non-hydrogen) atoms. The van der Waals surface area contributed by atoms with E-state index in [0.29, 0.717) is 45.5 Å². The third kappa shape index (κ3) is 6.22. The number of anilines is 2. The number of hydrogen-bond acceptors (Lipinski definition) is 6. The van der Waals surface area contributed by atoms with E-state index in [2.05, 4.69) is 10.6 Å². The molecule has 0 heterocycles. The Morgan fingerprint density at radius 2 is 0.763 bits per heavy atom. The molecule has 0 aliphatic carbocycles. The standard InChI is InChI=1S/C30H28N2O6/c1-35-25-13-21(14-26(17-25)36-2)29(33)31-23-9-5-19(6-10-23)20-7-11-24(12-8-20)32-30(34)22-15-27(37-3)18-28(16-22)38-4/h5-18H,1-4H3,(H,31,33)(H,32,34). The molecule has 0 bridgehead atoms. The maximum atomic E-state index is 12.7. The summed E-state index contributed by atoms with van der Waals surface area (Å²) in [7, 11) is 6.14. The third-order valence-corrected chi connectivity index (χ3v) is 5.85. The van der Waals surface area contributed by atoms with Crippen LogP contribution in [0.2, 0.25) is 0 Å². The number of carbonyl (C=O) groups excluding carboxylic acids is 2. The smallest absolute Gasteiger partial charge is 0.255 e. The van der Waals surface area contributed by atoms with E-state index in [-0.39, 0.29) is 11.8 Å². The van der Waals surface area contributed by atoms with E-state index in [1.807, 2.05) is 48.5 Å². The first-order valence-electron chi connectivity index (χ1n) is 11.7. The molecule has 2 amide bonds. The van der Waals surface area contributed by atoms with Crippen LogP contribution in [0.25, 0.3) is 11.1 Å². The van der Waals surface area contributed by atoms with Crippen molar-refractivity contribution >= 4 is 23.2 Å². The summed E-state index contributed by atoms with van der Waals surface area (Å²) in [5, 5.41) is 5.77. The fourth-order valence-corrected chi connectivity index (χ4v) is 3.78. The Morgan fingerprint density at radius 3 is 1.03 bits per heavy atom. The van der Waals surface area contributed by atoms with E-state index in [0.717, 1.165) is 11.1 Å². The quantitative estimate of drug-likeness (QED) is 0.290. The van der Waals surface area contributed by atoms with Gasteiger partial charge in [0.05, 0.1) is 28.4 Å². The lowest BCUT2D eigenvalue weighted by Crippen LogP contribution is -2.12. The topological polar surface area (TPSA) is 95.1 Å². The summed E-state index contributed by atoms with van der Waals surface area (Å²) in [6, 6.07) is 25.0. The van der Waals surface area contributed by atoms with E-state index < -0.39 is 0 Å². The van der Waals surface area contributed by atoms with Gasteiger partial charge >= 0.3 is 0 Å². The summed E-state index contributed by atoms with van der Waals surface area (Å²) >= 11 is 0. The van der Waals surface area contributed by atoms with Gasteiger partial charge in [-0.05, 0) is 59.7 Å². The molecule has 0 aliphatic heterocycles. The molecule has 2 N–H and O–H groups in total. The summed E-state index contributed by atoms with van der Waals surface area (Å²) in [6.07, 6.45) is 0. The molecule has 0 unspecified atom stereocenters. The minimum Gasteiger partial charge on any atom is -0.497 e. The van der Waals surface area contributed by atoms with E-state index in [1.165, 1.54) is 28.4 Å². The van der Waals surface area contributed by atoms with Crippen molar-refractivity contribution in [3.05, 3.63) is 96.1 Å². The van der Waals surface area contributed by atoms with Gasteiger partial charge in [0.25, 0.3) is 11.8 Å². The van der Waals surface area contributed by atoms with Crippen LogP contribution >= 0.6 is 0 Å². The van der Waals surface area contributed by atoms with Crippen LogP contribution in [0.5, 0.6) is 23.0 Å². The van der Waals surface area contributed by atoms with Crippen LogP contribution in [0.4, 0.5) is 11.4 Å². The molecule has 4 aromatic carbocycles. The average molecular weight is 513 g/mol. The van der Waals surface area contributed by atoms with Crippen molar-refractivity contribution in [2.45, 2.75) is 0 Å². The molecule has 8 nitrogen and oxygen atoms in total. The molecule has 4 rings (SSSR count). The van der Waals surface area contributed by atoms with Gasteiger partial charge in [-0.25, -0.2) is 0 Å². The van der Waals surface area contributed by atoms with Gasteiger partial charge in [0.2, 0.25) is 0 Å². The van der Waals surface area contributed by atoms with Gasteiger partial charge in [-0.1, -0.05) is 24.3 Å². The van der Waals surface area contributed by atoms with Crippen molar-refractivity contribution in [2.24, 2.45) is 0 Å². The van der Waals surface area contributed by atoms with E-state index in [1.54, 1.807) is 36.4 Å². The van der Waals surface area contributed by atoms with E-state index in [4.69, 9.17) is 18.9 Å². The number of rotatable bonds is 9. The second-order valence-corrected chi connectivity index (χ2v) is 8.27. The third-order valence-electron chi connectivity index (χ3n) is 5.85. The van der Waals surface area contributed by atoms with Gasteiger partial charge in [-0.15, -0.1) is 0 Å². The van der Waals surface area contributed by atoms with Gasteiger partial charge < -0.3 is 29.6 Å². The van der Waals surface area contributed by atoms with Crippen molar-refractivity contribution in [1.29, 1.82) is 0 Å². The molecular weight excluding hydrogens is 484 g/mol. The van der Waals surface area contributed by atoms with Crippen LogP contribution in [0.1, 0.15) is 20.7 Å². The maximum Gasteiger partial charge on any atom is 0.255 e. The van der Waals surface area contributed by atoms with Crippen LogP contribution in [0.3, 0.4) is 0 Å². The highest BCUT2D eigenvalue weighted by atomic mass is 16.5.